The molecule has 0 amide bonds. The molecule has 17 nitrogen and oxygen atoms in total. The van der Waals surface area contributed by atoms with Crippen molar-refractivity contribution < 1.29 is 80.2 Å². The Bertz CT molecular complexity index is 1640. The maximum absolute atomic E-state index is 13.0. The van der Waals surface area contributed by atoms with Crippen LogP contribution in [0.1, 0.15) is 330 Å². The largest absolute Gasteiger partial charge is 0.472 e. The van der Waals surface area contributed by atoms with Crippen molar-refractivity contribution >= 4 is 39.5 Å². The van der Waals surface area contributed by atoms with Crippen molar-refractivity contribution in [3.63, 3.8) is 0 Å². The molecule has 0 aliphatic heterocycles. The van der Waals surface area contributed by atoms with E-state index < -0.39 is 97.5 Å². The van der Waals surface area contributed by atoms with Crippen LogP contribution in [0, 0.1) is 5.92 Å². The molecule has 0 saturated heterocycles. The van der Waals surface area contributed by atoms with E-state index in [0.29, 0.717) is 25.7 Å². The fourth-order valence-electron chi connectivity index (χ4n) is 9.76. The molecule has 19 heteroatoms. The number of carbonyl (C=O) groups excluding carboxylic acids is 4. The summed E-state index contributed by atoms with van der Waals surface area (Å²) in [5.41, 5.74) is 0. The molecule has 0 aliphatic rings. The van der Waals surface area contributed by atoms with Crippen LogP contribution < -0.4 is 0 Å². The molecule has 0 fully saturated rings. The number of aliphatic hydroxyl groups excluding tert-OH is 1. The number of phosphoric acid groups is 2. The Morgan fingerprint density at radius 2 is 0.548 bits per heavy atom. The minimum absolute atomic E-state index is 0.105. The van der Waals surface area contributed by atoms with Gasteiger partial charge in [-0.2, -0.15) is 0 Å². The fraction of sp³-hybridized carbons (Fsp3) is 0.938. The van der Waals surface area contributed by atoms with Gasteiger partial charge in [-0.25, -0.2) is 9.13 Å². The average Bonchev–Trinajstić information content (AvgIpc) is 3.52. The summed E-state index contributed by atoms with van der Waals surface area (Å²) in [6.45, 7) is 7.12. The topological polar surface area (TPSA) is 237 Å². The smallest absolute Gasteiger partial charge is 0.462 e. The molecule has 0 aromatic carbocycles. The van der Waals surface area contributed by atoms with Crippen LogP contribution in [-0.4, -0.2) is 96.7 Å². The third-order valence-corrected chi connectivity index (χ3v) is 16.9. The molecule has 0 aromatic heterocycles. The summed E-state index contributed by atoms with van der Waals surface area (Å²) in [5.74, 6) is -1.32. The molecule has 84 heavy (non-hydrogen) atoms. The molecule has 0 radical (unpaired) electrons. The van der Waals surface area contributed by atoms with Crippen molar-refractivity contribution in [1.82, 2.24) is 0 Å². The maximum atomic E-state index is 13.0. The van der Waals surface area contributed by atoms with Crippen LogP contribution >= 0.6 is 15.6 Å². The molecule has 0 rings (SSSR count). The van der Waals surface area contributed by atoms with Gasteiger partial charge in [0.1, 0.15) is 19.3 Å². The first kappa shape index (κ1) is 82.1. The predicted molar refractivity (Wildman–Crippen MR) is 335 cm³/mol. The number of esters is 4. The monoisotopic (exact) mass is 1240 g/mol. The minimum Gasteiger partial charge on any atom is -0.462 e. The Morgan fingerprint density at radius 3 is 0.810 bits per heavy atom. The van der Waals surface area contributed by atoms with E-state index >= 15 is 0 Å². The van der Waals surface area contributed by atoms with Crippen LogP contribution in [0.15, 0.2) is 0 Å². The Kier molecular flexibility index (Phi) is 57.4. The molecule has 0 spiro atoms. The molecule has 0 aliphatic carbocycles. The lowest BCUT2D eigenvalue weighted by Crippen LogP contribution is -2.30. The second-order valence-electron chi connectivity index (χ2n) is 24.0. The van der Waals surface area contributed by atoms with Crippen molar-refractivity contribution in [2.24, 2.45) is 5.92 Å². The molecule has 0 aromatic rings. The van der Waals surface area contributed by atoms with Gasteiger partial charge >= 0.3 is 39.5 Å². The predicted octanol–water partition coefficient (Wildman–Crippen LogP) is 18.2. The van der Waals surface area contributed by atoms with E-state index in [1.54, 1.807) is 0 Å². The standard InChI is InChI=1S/C65H126O17P2/c1-6-9-12-15-17-29-34-39-44-49-63(68)76-55-61(82-65(70)51-46-41-36-32-28-26-24-22-20-19-21-23-25-27-31-33-38-42-47-58(4)5)57-80-84(73,74)78-53-59(66)52-77-83(71,72)79-56-60(54-75-62(67)48-43-37-14-11-8-3)81-64(69)50-45-40-35-30-18-16-13-10-7-2/h58-61,66H,6-57H2,1-5H3,(H,71,72)(H,73,74)/t59-,60+,61+/m0/s1. The van der Waals surface area contributed by atoms with Crippen molar-refractivity contribution in [3.05, 3.63) is 0 Å². The lowest BCUT2D eigenvalue weighted by molar-refractivity contribution is -0.161. The highest BCUT2D eigenvalue weighted by Gasteiger charge is 2.30. The Labute approximate surface area is 511 Å². The zero-order valence-electron chi connectivity index (χ0n) is 54.0. The number of aliphatic hydroxyl groups is 1. The highest BCUT2D eigenvalue weighted by molar-refractivity contribution is 7.47. The van der Waals surface area contributed by atoms with Crippen LogP contribution in [-0.2, 0) is 65.4 Å². The van der Waals surface area contributed by atoms with Crippen LogP contribution in [0.5, 0.6) is 0 Å². The van der Waals surface area contributed by atoms with Gasteiger partial charge < -0.3 is 33.8 Å². The van der Waals surface area contributed by atoms with Crippen molar-refractivity contribution in [1.29, 1.82) is 0 Å². The normalized spacial score (nSPS) is 14.2. The number of hydrogen-bond acceptors (Lipinski definition) is 15. The van der Waals surface area contributed by atoms with Gasteiger partial charge in [-0.1, -0.05) is 279 Å². The van der Waals surface area contributed by atoms with Gasteiger partial charge in [0.2, 0.25) is 0 Å². The van der Waals surface area contributed by atoms with Crippen LogP contribution in [0.25, 0.3) is 0 Å². The van der Waals surface area contributed by atoms with Gasteiger partial charge in [-0.05, 0) is 31.6 Å². The second kappa shape index (κ2) is 58.7. The first-order valence-electron chi connectivity index (χ1n) is 34.1. The van der Waals surface area contributed by atoms with E-state index in [4.69, 9.17) is 37.0 Å². The summed E-state index contributed by atoms with van der Waals surface area (Å²) < 4.78 is 67.7. The van der Waals surface area contributed by atoms with Crippen molar-refractivity contribution in [3.8, 4) is 0 Å². The average molecular weight is 1240 g/mol. The molecular formula is C65H126O17P2. The molecule has 3 N–H and O–H groups in total. The van der Waals surface area contributed by atoms with Gasteiger partial charge in [-0.3, -0.25) is 37.3 Å². The maximum Gasteiger partial charge on any atom is 0.472 e. The summed E-state index contributed by atoms with van der Waals surface area (Å²) in [6, 6.07) is 0. The lowest BCUT2D eigenvalue weighted by Gasteiger charge is -2.21. The van der Waals surface area contributed by atoms with Crippen molar-refractivity contribution in [2.45, 2.75) is 348 Å². The number of hydrogen-bond donors (Lipinski definition) is 3. The molecule has 498 valence electrons. The number of carbonyl (C=O) groups is 4. The summed E-state index contributed by atoms with van der Waals surface area (Å²) >= 11 is 0. The second-order valence-corrected chi connectivity index (χ2v) is 26.9. The highest BCUT2D eigenvalue weighted by Crippen LogP contribution is 2.45. The van der Waals surface area contributed by atoms with E-state index in [2.05, 4.69) is 34.6 Å². The molecule has 2 unspecified atom stereocenters. The van der Waals surface area contributed by atoms with E-state index in [-0.39, 0.29) is 25.7 Å². The van der Waals surface area contributed by atoms with E-state index in [0.717, 1.165) is 102 Å². The molecule has 0 saturated carbocycles. The third-order valence-electron chi connectivity index (χ3n) is 15.0. The zero-order chi connectivity index (χ0) is 62.0. The highest BCUT2D eigenvalue weighted by atomic mass is 31.2. The van der Waals surface area contributed by atoms with Crippen LogP contribution in [0.3, 0.4) is 0 Å². The number of ether oxygens (including phenoxy) is 4. The van der Waals surface area contributed by atoms with Gasteiger partial charge in [-0.15, -0.1) is 0 Å². The summed E-state index contributed by atoms with van der Waals surface area (Å²) in [6.07, 6.45) is 43.6. The van der Waals surface area contributed by atoms with E-state index in [1.165, 1.54) is 148 Å². The third kappa shape index (κ3) is 59.0. The Balaban J connectivity index is 5.04. The minimum atomic E-state index is -4.94. The molecule has 0 bridgehead atoms. The Hall–Kier alpha value is -1.94. The van der Waals surface area contributed by atoms with Gasteiger partial charge in [0.05, 0.1) is 26.4 Å². The fourth-order valence-corrected chi connectivity index (χ4v) is 11.3. The molecule has 0 heterocycles. The SMILES string of the molecule is CCCCCCCCCCCC(=O)OC[C@H](COP(=O)(O)OC[C@@H](O)COP(=O)(O)OC[C@@H](COC(=O)CCCCCCC)OC(=O)CCCCCCCCCCC)OC(=O)CCCCCCCCCCCCCCCCCCCCC(C)C. The Morgan fingerprint density at radius 1 is 0.321 bits per heavy atom. The van der Waals surface area contributed by atoms with Crippen LogP contribution in [0.2, 0.25) is 0 Å². The molecule has 5 atom stereocenters. The quantitative estimate of drug-likeness (QED) is 0.0222. The number of rotatable bonds is 65. The van der Waals surface area contributed by atoms with E-state index in [1.807, 2.05) is 0 Å². The zero-order valence-corrected chi connectivity index (χ0v) is 55.8. The molecular weight excluding hydrogens is 1110 g/mol. The summed E-state index contributed by atoms with van der Waals surface area (Å²) in [4.78, 5) is 71.9. The summed E-state index contributed by atoms with van der Waals surface area (Å²) in [7, 11) is -9.87. The van der Waals surface area contributed by atoms with Gasteiger partial charge in [0.15, 0.2) is 12.2 Å². The van der Waals surface area contributed by atoms with Gasteiger partial charge in [0, 0.05) is 25.7 Å². The van der Waals surface area contributed by atoms with Crippen LogP contribution in [0.4, 0.5) is 0 Å². The lowest BCUT2D eigenvalue weighted by atomic mass is 10.0. The first-order chi connectivity index (χ1) is 40.5. The number of phosphoric ester groups is 2. The van der Waals surface area contributed by atoms with E-state index in [9.17, 15) is 43.2 Å². The van der Waals surface area contributed by atoms with Gasteiger partial charge in [0.25, 0.3) is 0 Å². The summed E-state index contributed by atoms with van der Waals surface area (Å²) in [5, 5.41) is 10.5. The van der Waals surface area contributed by atoms with Crippen molar-refractivity contribution in [2.75, 3.05) is 39.6 Å². The first-order valence-corrected chi connectivity index (χ1v) is 37.1. The number of unbranched alkanes of at least 4 members (excludes halogenated alkanes) is 37.